The second kappa shape index (κ2) is 6.96. The van der Waals surface area contributed by atoms with Gasteiger partial charge in [0.1, 0.15) is 17.1 Å². The number of hydrogen-bond donors (Lipinski definition) is 1. The predicted molar refractivity (Wildman–Crippen MR) is 96.6 cm³/mol. The summed E-state index contributed by atoms with van der Waals surface area (Å²) in [5.41, 5.74) is 1.93. The molecule has 0 amide bonds. The molecule has 2 aromatic rings. The topological polar surface area (TPSA) is 54.7 Å². The van der Waals surface area contributed by atoms with E-state index in [1.165, 1.54) is 0 Å². The number of rotatable bonds is 4. The van der Waals surface area contributed by atoms with Crippen LogP contribution >= 0.6 is 15.9 Å². The van der Waals surface area contributed by atoms with Crippen LogP contribution < -0.4 is 0 Å². The van der Waals surface area contributed by atoms with E-state index in [-0.39, 0.29) is 5.75 Å². The molecule has 5 heteroatoms. The van der Waals surface area contributed by atoms with E-state index < -0.39 is 5.60 Å². The van der Waals surface area contributed by atoms with Crippen LogP contribution in [0.25, 0.3) is 6.08 Å². The summed E-state index contributed by atoms with van der Waals surface area (Å²) in [6, 6.07) is 8.85. The number of hydrogen-bond acceptors (Lipinski definition) is 4. The quantitative estimate of drug-likeness (QED) is 0.619. The minimum Gasteiger partial charge on any atom is -0.507 e. The van der Waals surface area contributed by atoms with Crippen LogP contribution in [-0.2, 0) is 4.84 Å². The summed E-state index contributed by atoms with van der Waals surface area (Å²) in [6.07, 6.45) is 3.37. The van der Waals surface area contributed by atoms with Crippen molar-refractivity contribution in [2.45, 2.75) is 26.4 Å². The fourth-order valence-corrected chi connectivity index (χ4v) is 2.24. The Morgan fingerprint density at radius 1 is 1.35 bits per heavy atom. The van der Waals surface area contributed by atoms with Crippen molar-refractivity contribution < 1.29 is 9.94 Å². The predicted octanol–water partition coefficient (Wildman–Crippen LogP) is 4.76. The second-order valence-electron chi connectivity index (χ2n) is 5.95. The van der Waals surface area contributed by atoms with Gasteiger partial charge >= 0.3 is 0 Å². The van der Waals surface area contributed by atoms with Gasteiger partial charge in [0.2, 0.25) is 0 Å². The van der Waals surface area contributed by atoms with E-state index in [0.29, 0.717) is 17.0 Å². The Hall–Kier alpha value is -2.14. The first-order valence-corrected chi connectivity index (χ1v) is 7.94. The third-order valence-corrected chi connectivity index (χ3v) is 3.40. The SMILES string of the molecule is C=Cc1cccnc1/C(=N\OC(C)(C)C)c1cc(Br)ccc1O. The van der Waals surface area contributed by atoms with Crippen molar-refractivity contribution in [1.82, 2.24) is 4.98 Å². The van der Waals surface area contributed by atoms with Gasteiger partial charge in [-0.05, 0) is 45.0 Å². The number of aromatic hydroxyl groups is 1. The van der Waals surface area contributed by atoms with Crippen molar-refractivity contribution in [3.05, 3.63) is 64.4 Å². The standard InChI is InChI=1S/C18H19BrN2O2/c1-5-12-7-6-10-20-16(12)17(21-23-18(2,3)4)14-11-13(19)8-9-15(14)22/h5-11,22H,1H2,2-4H3/b21-17-. The van der Waals surface area contributed by atoms with Gasteiger partial charge in [0.05, 0.1) is 5.69 Å². The van der Waals surface area contributed by atoms with Crippen LogP contribution in [0.4, 0.5) is 0 Å². The summed E-state index contributed by atoms with van der Waals surface area (Å²) < 4.78 is 0.824. The summed E-state index contributed by atoms with van der Waals surface area (Å²) >= 11 is 3.42. The highest BCUT2D eigenvalue weighted by Crippen LogP contribution is 2.26. The van der Waals surface area contributed by atoms with Crippen molar-refractivity contribution in [3.8, 4) is 5.75 Å². The van der Waals surface area contributed by atoms with E-state index in [2.05, 4.69) is 32.6 Å². The van der Waals surface area contributed by atoms with Gasteiger partial charge in [-0.3, -0.25) is 4.98 Å². The molecule has 0 saturated carbocycles. The third-order valence-electron chi connectivity index (χ3n) is 2.91. The van der Waals surface area contributed by atoms with Crippen LogP contribution in [0, 0.1) is 0 Å². The monoisotopic (exact) mass is 374 g/mol. The zero-order valence-electron chi connectivity index (χ0n) is 13.4. The van der Waals surface area contributed by atoms with Crippen molar-refractivity contribution >= 4 is 27.7 Å². The highest BCUT2D eigenvalue weighted by atomic mass is 79.9. The van der Waals surface area contributed by atoms with Crippen LogP contribution in [0.3, 0.4) is 0 Å². The van der Waals surface area contributed by atoms with Gasteiger partial charge < -0.3 is 9.94 Å². The molecule has 1 heterocycles. The third kappa shape index (κ3) is 4.42. The lowest BCUT2D eigenvalue weighted by Gasteiger charge is -2.18. The Labute approximate surface area is 144 Å². The highest BCUT2D eigenvalue weighted by Gasteiger charge is 2.19. The number of nitrogens with zero attached hydrogens (tertiary/aromatic N) is 2. The van der Waals surface area contributed by atoms with Gasteiger partial charge in [-0.25, -0.2) is 0 Å². The van der Waals surface area contributed by atoms with E-state index in [0.717, 1.165) is 10.0 Å². The maximum Gasteiger partial charge on any atom is 0.140 e. The number of benzene rings is 1. The van der Waals surface area contributed by atoms with Crippen LogP contribution in [0.2, 0.25) is 0 Å². The number of aromatic nitrogens is 1. The van der Waals surface area contributed by atoms with Crippen molar-refractivity contribution in [1.29, 1.82) is 0 Å². The van der Waals surface area contributed by atoms with Crippen LogP contribution in [0.15, 0.2) is 52.7 Å². The fourth-order valence-electron chi connectivity index (χ4n) is 1.88. The smallest absolute Gasteiger partial charge is 0.140 e. The van der Waals surface area contributed by atoms with Crippen molar-refractivity contribution in [2.24, 2.45) is 5.16 Å². The van der Waals surface area contributed by atoms with Crippen molar-refractivity contribution in [2.75, 3.05) is 0 Å². The van der Waals surface area contributed by atoms with Gasteiger partial charge in [0, 0.05) is 21.8 Å². The van der Waals surface area contributed by atoms with Crippen LogP contribution in [0.5, 0.6) is 5.75 Å². The molecule has 0 unspecified atom stereocenters. The minimum absolute atomic E-state index is 0.102. The summed E-state index contributed by atoms with van der Waals surface area (Å²) in [6.45, 7) is 9.52. The zero-order valence-corrected chi connectivity index (χ0v) is 15.0. The molecule has 23 heavy (non-hydrogen) atoms. The largest absolute Gasteiger partial charge is 0.507 e. The number of halogens is 1. The van der Waals surface area contributed by atoms with E-state index >= 15 is 0 Å². The average Bonchev–Trinajstić information content (AvgIpc) is 2.50. The fraction of sp³-hybridized carbons (Fsp3) is 0.222. The van der Waals surface area contributed by atoms with E-state index in [1.807, 2.05) is 32.9 Å². The molecule has 0 aliphatic rings. The highest BCUT2D eigenvalue weighted by molar-refractivity contribution is 9.10. The maximum absolute atomic E-state index is 10.2. The zero-order chi connectivity index (χ0) is 17.0. The van der Waals surface area contributed by atoms with Gasteiger partial charge in [0.15, 0.2) is 0 Å². The van der Waals surface area contributed by atoms with Gasteiger partial charge in [-0.1, -0.05) is 39.8 Å². The Balaban J connectivity index is 2.65. The molecule has 0 aliphatic heterocycles. The molecule has 0 bridgehead atoms. The molecule has 1 aromatic carbocycles. The van der Waals surface area contributed by atoms with Crippen LogP contribution in [0.1, 0.15) is 37.6 Å². The summed E-state index contributed by atoms with van der Waals surface area (Å²) in [4.78, 5) is 9.97. The van der Waals surface area contributed by atoms with E-state index in [9.17, 15) is 5.11 Å². The molecule has 0 saturated heterocycles. The Bertz CT molecular complexity index is 749. The molecule has 120 valence electrons. The number of oxime groups is 1. The lowest BCUT2D eigenvalue weighted by Crippen LogP contribution is -2.18. The average molecular weight is 375 g/mol. The molecule has 0 radical (unpaired) electrons. The first-order chi connectivity index (χ1) is 10.8. The molecule has 1 N–H and O–H groups in total. The molecule has 1 aromatic heterocycles. The molecule has 0 aliphatic carbocycles. The lowest BCUT2D eigenvalue weighted by molar-refractivity contribution is 0.00111. The Morgan fingerprint density at radius 3 is 2.74 bits per heavy atom. The lowest BCUT2D eigenvalue weighted by atomic mass is 10.0. The maximum atomic E-state index is 10.2. The van der Waals surface area contributed by atoms with E-state index in [4.69, 9.17) is 4.84 Å². The molecular formula is C18H19BrN2O2. The molecule has 0 fully saturated rings. The first-order valence-electron chi connectivity index (χ1n) is 7.14. The Kier molecular flexibility index (Phi) is 5.21. The Morgan fingerprint density at radius 2 is 2.09 bits per heavy atom. The number of pyridine rings is 1. The number of phenolic OH excluding ortho intramolecular Hbond substituents is 1. The van der Waals surface area contributed by atoms with Crippen LogP contribution in [-0.4, -0.2) is 21.4 Å². The molecule has 4 nitrogen and oxygen atoms in total. The molecule has 0 atom stereocenters. The summed E-state index contributed by atoms with van der Waals surface area (Å²) in [5, 5.41) is 14.5. The van der Waals surface area contributed by atoms with E-state index in [1.54, 1.807) is 30.5 Å². The van der Waals surface area contributed by atoms with Gasteiger partial charge in [0.25, 0.3) is 0 Å². The number of phenols is 1. The first kappa shape index (κ1) is 17.2. The van der Waals surface area contributed by atoms with Gasteiger partial charge in [-0.15, -0.1) is 0 Å². The molecular weight excluding hydrogens is 356 g/mol. The van der Waals surface area contributed by atoms with Gasteiger partial charge in [-0.2, -0.15) is 0 Å². The molecule has 2 rings (SSSR count). The summed E-state index contributed by atoms with van der Waals surface area (Å²) in [7, 11) is 0. The molecule has 0 spiro atoms. The normalized spacial score (nSPS) is 12.1. The minimum atomic E-state index is -0.462. The van der Waals surface area contributed by atoms with Crippen molar-refractivity contribution in [3.63, 3.8) is 0 Å². The second-order valence-corrected chi connectivity index (χ2v) is 6.87. The summed E-state index contributed by atoms with van der Waals surface area (Å²) in [5.74, 6) is 0.102.